The Morgan fingerprint density at radius 2 is 1.88 bits per heavy atom. The molecule has 0 amide bonds. The third-order valence-electron chi connectivity index (χ3n) is 1.05. The van der Waals surface area contributed by atoms with Crippen LogP contribution in [0.15, 0.2) is 11.7 Å². The summed E-state index contributed by atoms with van der Waals surface area (Å²) in [5, 5.41) is 0. The van der Waals surface area contributed by atoms with Gasteiger partial charge in [-0.25, -0.2) is 8.78 Å². The van der Waals surface area contributed by atoms with E-state index < -0.39 is 17.4 Å². The van der Waals surface area contributed by atoms with Crippen molar-refractivity contribution in [3.8, 4) is 0 Å². The number of hydrogen-bond donors (Lipinski definition) is 0. The minimum Gasteiger partial charge on any atom is -0.291 e. The maximum absolute atomic E-state index is 11.9. The van der Waals surface area contributed by atoms with E-state index in [2.05, 4.69) is 0 Å². The van der Waals surface area contributed by atoms with Crippen molar-refractivity contribution < 1.29 is 13.6 Å². The molecule has 0 radical (unpaired) electrons. The fraction of sp³-hybridized carbons (Fsp3) is 0.400. The van der Waals surface area contributed by atoms with Crippen LogP contribution in [0, 0.1) is 0 Å². The molecule has 0 aromatic carbocycles. The molecular formula is C5H4F2O. The van der Waals surface area contributed by atoms with Gasteiger partial charge in [-0.2, -0.15) is 0 Å². The molecule has 0 unspecified atom stereocenters. The van der Waals surface area contributed by atoms with E-state index in [1.54, 1.807) is 0 Å². The number of hydrogen-bond acceptors (Lipinski definition) is 1. The van der Waals surface area contributed by atoms with Crippen LogP contribution in [0.4, 0.5) is 8.78 Å². The third-order valence-corrected chi connectivity index (χ3v) is 1.05. The van der Waals surface area contributed by atoms with Gasteiger partial charge in [-0.1, -0.05) is 0 Å². The summed E-state index contributed by atoms with van der Waals surface area (Å²) in [7, 11) is 0. The Hall–Kier alpha value is -0.730. The van der Waals surface area contributed by atoms with Crippen molar-refractivity contribution in [3.05, 3.63) is 11.7 Å². The second kappa shape index (κ2) is 1.65. The summed E-state index contributed by atoms with van der Waals surface area (Å²) in [6.45, 7) is 0. The quantitative estimate of drug-likeness (QED) is 0.471. The number of allylic oxidation sites excluding steroid dienone is 2. The monoisotopic (exact) mass is 118 g/mol. The van der Waals surface area contributed by atoms with Crippen LogP contribution >= 0.6 is 0 Å². The molecule has 0 atom stereocenters. The number of ketones is 1. The smallest absolute Gasteiger partial charge is 0.197 e. The van der Waals surface area contributed by atoms with Crippen LogP contribution in [-0.2, 0) is 4.79 Å². The van der Waals surface area contributed by atoms with E-state index in [1.807, 2.05) is 0 Å². The summed E-state index contributed by atoms with van der Waals surface area (Å²) < 4.78 is 23.7. The second-order valence-electron chi connectivity index (χ2n) is 1.64. The van der Waals surface area contributed by atoms with Gasteiger partial charge in [0, 0.05) is 12.8 Å². The van der Waals surface area contributed by atoms with Crippen LogP contribution < -0.4 is 0 Å². The summed E-state index contributed by atoms with van der Waals surface area (Å²) in [5.41, 5.74) is 0. The molecule has 0 fully saturated rings. The maximum Gasteiger partial charge on any atom is 0.197 e. The molecular weight excluding hydrogens is 114 g/mol. The van der Waals surface area contributed by atoms with Crippen LogP contribution in [0.3, 0.4) is 0 Å². The molecule has 1 rings (SSSR count). The van der Waals surface area contributed by atoms with Crippen molar-refractivity contribution in [3.63, 3.8) is 0 Å². The molecule has 0 spiro atoms. The number of Topliss-reactive ketones (excluding diaryl/α,β-unsaturated/α-hetero) is 1. The van der Waals surface area contributed by atoms with Gasteiger partial charge < -0.3 is 0 Å². The first-order chi connectivity index (χ1) is 3.72. The van der Waals surface area contributed by atoms with Crippen LogP contribution in [0.2, 0.25) is 0 Å². The summed E-state index contributed by atoms with van der Waals surface area (Å²) in [4.78, 5) is 10.1. The molecule has 0 N–H and O–H groups in total. The predicted octanol–water partition coefficient (Wildman–Crippen LogP) is 1.50. The Labute approximate surface area is 45.0 Å². The lowest BCUT2D eigenvalue weighted by atomic mass is 10.3. The van der Waals surface area contributed by atoms with Crippen LogP contribution in [0.5, 0.6) is 0 Å². The average Bonchev–Trinajstić information content (AvgIpc) is 1.98. The van der Waals surface area contributed by atoms with Crippen molar-refractivity contribution in [2.45, 2.75) is 12.8 Å². The Morgan fingerprint density at radius 3 is 2.00 bits per heavy atom. The van der Waals surface area contributed by atoms with Crippen molar-refractivity contribution in [2.75, 3.05) is 0 Å². The Morgan fingerprint density at radius 1 is 1.25 bits per heavy atom. The molecule has 1 aliphatic rings. The molecule has 3 heteroatoms. The minimum absolute atomic E-state index is 0.00231. The van der Waals surface area contributed by atoms with Crippen molar-refractivity contribution >= 4 is 5.78 Å². The van der Waals surface area contributed by atoms with Gasteiger partial charge in [0.05, 0.1) is 0 Å². The molecule has 0 aromatic heterocycles. The molecule has 0 aromatic rings. The highest BCUT2D eigenvalue weighted by atomic mass is 19.2. The molecule has 0 heterocycles. The largest absolute Gasteiger partial charge is 0.291 e. The van der Waals surface area contributed by atoms with E-state index in [0.29, 0.717) is 0 Å². The summed E-state index contributed by atoms with van der Waals surface area (Å²) >= 11 is 0. The maximum atomic E-state index is 11.9. The highest BCUT2D eigenvalue weighted by Gasteiger charge is 2.22. The molecule has 44 valence electrons. The van der Waals surface area contributed by atoms with Crippen molar-refractivity contribution in [1.29, 1.82) is 0 Å². The zero-order valence-electron chi connectivity index (χ0n) is 4.08. The second-order valence-corrected chi connectivity index (χ2v) is 1.64. The first kappa shape index (κ1) is 5.41. The Kier molecular flexibility index (Phi) is 1.12. The molecule has 8 heavy (non-hydrogen) atoms. The number of halogens is 2. The average molecular weight is 118 g/mol. The summed E-state index contributed by atoms with van der Waals surface area (Å²) in [6, 6.07) is 0. The summed E-state index contributed by atoms with van der Waals surface area (Å²) in [5.74, 6) is -2.78. The van der Waals surface area contributed by atoms with Gasteiger partial charge in [-0.3, -0.25) is 4.79 Å². The van der Waals surface area contributed by atoms with Gasteiger partial charge in [-0.05, 0) is 0 Å². The van der Waals surface area contributed by atoms with Gasteiger partial charge in [0.2, 0.25) is 0 Å². The minimum atomic E-state index is -1.18. The van der Waals surface area contributed by atoms with Gasteiger partial charge >= 0.3 is 0 Å². The lowest BCUT2D eigenvalue weighted by molar-refractivity contribution is -0.116. The fourth-order valence-corrected chi connectivity index (χ4v) is 0.594. The van der Waals surface area contributed by atoms with Gasteiger partial charge in [-0.15, -0.1) is 0 Å². The molecule has 0 aliphatic heterocycles. The molecule has 1 nitrogen and oxygen atoms in total. The molecule has 0 saturated heterocycles. The van der Waals surface area contributed by atoms with Gasteiger partial charge in [0.15, 0.2) is 11.6 Å². The lowest BCUT2D eigenvalue weighted by Gasteiger charge is -1.77. The van der Waals surface area contributed by atoms with Crippen molar-refractivity contribution in [1.82, 2.24) is 0 Å². The highest BCUT2D eigenvalue weighted by molar-refractivity contribution is 5.96. The van der Waals surface area contributed by atoms with Gasteiger partial charge in [0.25, 0.3) is 0 Å². The van der Waals surface area contributed by atoms with Gasteiger partial charge in [0.1, 0.15) is 5.83 Å². The first-order valence-electron chi connectivity index (χ1n) is 2.29. The zero-order valence-corrected chi connectivity index (χ0v) is 4.08. The molecule has 1 aliphatic carbocycles. The molecule has 0 bridgehead atoms. The predicted molar refractivity (Wildman–Crippen MR) is 23.5 cm³/mol. The zero-order chi connectivity index (χ0) is 6.15. The SMILES string of the molecule is O=C1CCC(F)=C1F. The lowest BCUT2D eigenvalue weighted by Crippen LogP contribution is -1.87. The molecule has 0 saturated carbocycles. The van der Waals surface area contributed by atoms with Crippen molar-refractivity contribution in [2.24, 2.45) is 0 Å². The topological polar surface area (TPSA) is 17.1 Å². The first-order valence-corrected chi connectivity index (χ1v) is 2.29. The highest BCUT2D eigenvalue weighted by Crippen LogP contribution is 2.23. The van der Waals surface area contributed by atoms with E-state index in [9.17, 15) is 13.6 Å². The Balaban J connectivity index is 2.86. The number of carbonyl (C=O) groups excluding carboxylic acids is 1. The van der Waals surface area contributed by atoms with E-state index in [1.165, 1.54) is 0 Å². The van der Waals surface area contributed by atoms with E-state index >= 15 is 0 Å². The van der Waals surface area contributed by atoms with Crippen LogP contribution in [0.1, 0.15) is 12.8 Å². The third kappa shape index (κ3) is 0.638. The van der Waals surface area contributed by atoms with E-state index in [4.69, 9.17) is 0 Å². The van der Waals surface area contributed by atoms with Crippen LogP contribution in [0.25, 0.3) is 0 Å². The van der Waals surface area contributed by atoms with Crippen LogP contribution in [-0.4, -0.2) is 5.78 Å². The number of rotatable bonds is 0. The fourth-order valence-electron chi connectivity index (χ4n) is 0.594. The van der Waals surface area contributed by atoms with E-state index in [0.717, 1.165) is 0 Å². The Bertz CT molecular complexity index is 160. The van der Waals surface area contributed by atoms with E-state index in [-0.39, 0.29) is 12.8 Å². The number of carbonyl (C=O) groups is 1. The standard InChI is InChI=1S/C5H4F2O/c6-3-1-2-4(8)5(3)7/h1-2H2. The normalized spacial score (nSPS) is 20.5. The summed E-state index contributed by atoms with van der Waals surface area (Å²) in [6.07, 6.45) is -0.0532.